The van der Waals surface area contributed by atoms with E-state index < -0.39 is 0 Å². The van der Waals surface area contributed by atoms with Gasteiger partial charge in [-0.1, -0.05) is 0 Å². The summed E-state index contributed by atoms with van der Waals surface area (Å²) in [4.78, 5) is 14.3. The van der Waals surface area contributed by atoms with E-state index in [0.29, 0.717) is 5.92 Å². The molecule has 2 rings (SSSR count). The van der Waals surface area contributed by atoms with Crippen molar-refractivity contribution in [2.45, 2.75) is 12.8 Å². The topological polar surface area (TPSA) is 29.5 Å². The van der Waals surface area contributed by atoms with E-state index in [4.69, 9.17) is 4.74 Å². The van der Waals surface area contributed by atoms with Crippen LogP contribution in [-0.2, 0) is 4.74 Å². The highest BCUT2D eigenvalue weighted by atomic mass is 127. The van der Waals surface area contributed by atoms with Gasteiger partial charge in [-0.3, -0.25) is 4.79 Å². The van der Waals surface area contributed by atoms with Gasteiger partial charge in [-0.25, -0.2) is 0 Å². The molecule has 0 N–H and O–H groups in total. The van der Waals surface area contributed by atoms with Gasteiger partial charge in [0.25, 0.3) is 5.91 Å². The molecule has 0 aliphatic carbocycles. The fourth-order valence-corrected chi connectivity index (χ4v) is 3.17. The lowest BCUT2D eigenvalue weighted by molar-refractivity contribution is 0.0497. The van der Waals surface area contributed by atoms with Crippen molar-refractivity contribution in [2.24, 2.45) is 5.92 Å². The number of ether oxygens (including phenoxy) is 1. The number of hydrogen-bond donors (Lipinski definition) is 0. The molecule has 1 saturated heterocycles. The number of rotatable bonds is 3. The third kappa shape index (κ3) is 4.16. The molecule has 1 heterocycles. The molecule has 0 unspecified atom stereocenters. The van der Waals surface area contributed by atoms with Gasteiger partial charge < -0.3 is 9.64 Å². The lowest BCUT2D eigenvalue weighted by Gasteiger charge is -2.27. The molecule has 1 fully saturated rings. The Morgan fingerprint density at radius 1 is 1.47 bits per heavy atom. The number of carbonyl (C=O) groups is 1. The Hall–Kier alpha value is -0.140. The van der Waals surface area contributed by atoms with E-state index in [2.05, 4.69) is 38.5 Å². The molecule has 1 aromatic rings. The number of halogens is 2. The zero-order valence-corrected chi connectivity index (χ0v) is 14.6. The first-order valence-electron chi connectivity index (χ1n) is 6.36. The van der Waals surface area contributed by atoms with Crippen LogP contribution in [0.1, 0.15) is 23.2 Å². The van der Waals surface area contributed by atoms with E-state index in [1.807, 2.05) is 30.1 Å². The third-order valence-corrected chi connectivity index (χ3v) is 4.74. The highest BCUT2D eigenvalue weighted by Crippen LogP contribution is 2.22. The van der Waals surface area contributed by atoms with Crippen LogP contribution in [-0.4, -0.2) is 37.6 Å². The predicted molar refractivity (Wildman–Crippen MR) is 87.4 cm³/mol. The normalized spacial score (nSPS) is 16.4. The fourth-order valence-electron chi connectivity index (χ4n) is 2.27. The molecule has 0 aromatic heterocycles. The molecule has 1 amide bonds. The Balaban J connectivity index is 2.03. The molecule has 3 nitrogen and oxygen atoms in total. The summed E-state index contributed by atoms with van der Waals surface area (Å²) in [6.45, 7) is 2.44. The van der Waals surface area contributed by atoms with Crippen molar-refractivity contribution < 1.29 is 9.53 Å². The summed E-state index contributed by atoms with van der Waals surface area (Å²) in [5.74, 6) is 0.640. The second-order valence-electron chi connectivity index (χ2n) is 4.87. The first-order valence-corrected chi connectivity index (χ1v) is 8.23. The molecule has 0 atom stereocenters. The Kier molecular flexibility index (Phi) is 5.65. The van der Waals surface area contributed by atoms with Crippen LogP contribution in [0.3, 0.4) is 0 Å². The first-order chi connectivity index (χ1) is 9.08. The van der Waals surface area contributed by atoms with Gasteiger partial charge in [0.05, 0.1) is 5.56 Å². The molecule has 1 aliphatic rings. The average Bonchev–Trinajstić information content (AvgIpc) is 2.42. The maximum Gasteiger partial charge on any atom is 0.254 e. The van der Waals surface area contributed by atoms with Crippen LogP contribution in [0.25, 0.3) is 0 Å². The monoisotopic (exact) mass is 437 g/mol. The van der Waals surface area contributed by atoms with Crippen molar-refractivity contribution in [3.63, 3.8) is 0 Å². The molecular weight excluding hydrogens is 421 g/mol. The zero-order chi connectivity index (χ0) is 13.8. The smallest absolute Gasteiger partial charge is 0.254 e. The molecule has 104 valence electrons. The van der Waals surface area contributed by atoms with Crippen LogP contribution in [0, 0.1) is 9.49 Å². The van der Waals surface area contributed by atoms with Crippen LogP contribution >= 0.6 is 38.5 Å². The van der Waals surface area contributed by atoms with E-state index in [-0.39, 0.29) is 5.91 Å². The lowest BCUT2D eigenvalue weighted by atomic mass is 9.99. The fraction of sp³-hybridized carbons (Fsp3) is 0.500. The number of carbonyl (C=O) groups excluding carboxylic acids is 1. The molecule has 1 aromatic carbocycles. The van der Waals surface area contributed by atoms with E-state index in [0.717, 1.165) is 46.2 Å². The summed E-state index contributed by atoms with van der Waals surface area (Å²) < 4.78 is 7.28. The largest absolute Gasteiger partial charge is 0.381 e. The molecule has 0 radical (unpaired) electrons. The number of benzene rings is 1. The molecule has 1 aliphatic heterocycles. The average molecular weight is 438 g/mol. The van der Waals surface area contributed by atoms with Crippen LogP contribution in [0.2, 0.25) is 0 Å². The van der Waals surface area contributed by atoms with Crippen LogP contribution in [0.5, 0.6) is 0 Å². The van der Waals surface area contributed by atoms with Gasteiger partial charge in [-0.2, -0.15) is 0 Å². The first kappa shape index (κ1) is 15.3. The standard InChI is InChI=1S/C14H17BrINO2/c1-17(9-10-4-6-19-7-5-10)14(18)12-8-11(16)2-3-13(12)15/h2-3,8,10H,4-7,9H2,1H3. The van der Waals surface area contributed by atoms with Crippen molar-refractivity contribution in [1.29, 1.82) is 0 Å². The van der Waals surface area contributed by atoms with Crippen molar-refractivity contribution in [1.82, 2.24) is 4.90 Å². The SMILES string of the molecule is CN(CC1CCOCC1)C(=O)c1cc(I)ccc1Br. The summed E-state index contributed by atoms with van der Waals surface area (Å²) in [6, 6.07) is 5.84. The number of hydrogen-bond acceptors (Lipinski definition) is 2. The van der Waals surface area contributed by atoms with E-state index in [1.165, 1.54) is 0 Å². The van der Waals surface area contributed by atoms with E-state index in [9.17, 15) is 4.79 Å². The minimum atomic E-state index is 0.0804. The second-order valence-corrected chi connectivity index (χ2v) is 6.97. The summed E-state index contributed by atoms with van der Waals surface area (Å²) in [5.41, 5.74) is 0.737. The number of amides is 1. The third-order valence-electron chi connectivity index (χ3n) is 3.38. The van der Waals surface area contributed by atoms with Crippen LogP contribution < -0.4 is 0 Å². The Morgan fingerprint density at radius 3 is 2.84 bits per heavy atom. The maximum absolute atomic E-state index is 12.5. The molecule has 0 bridgehead atoms. The van der Waals surface area contributed by atoms with Gasteiger partial charge in [0.2, 0.25) is 0 Å². The maximum atomic E-state index is 12.5. The van der Waals surface area contributed by atoms with Crippen molar-refractivity contribution in [3.05, 3.63) is 31.8 Å². The van der Waals surface area contributed by atoms with Gasteiger partial charge >= 0.3 is 0 Å². The molecule has 0 saturated carbocycles. The lowest BCUT2D eigenvalue weighted by Crippen LogP contribution is -2.34. The summed E-state index contributed by atoms with van der Waals surface area (Å²) >= 11 is 5.68. The van der Waals surface area contributed by atoms with Gasteiger partial charge in [0.1, 0.15) is 0 Å². The van der Waals surface area contributed by atoms with Crippen molar-refractivity contribution in [2.75, 3.05) is 26.8 Å². The molecule has 5 heteroatoms. The van der Waals surface area contributed by atoms with Gasteiger partial charge in [0.15, 0.2) is 0 Å². The van der Waals surface area contributed by atoms with Gasteiger partial charge in [0, 0.05) is 34.8 Å². The summed E-state index contributed by atoms with van der Waals surface area (Å²) in [5, 5.41) is 0. The van der Waals surface area contributed by atoms with Gasteiger partial charge in [-0.05, 0) is 75.5 Å². The van der Waals surface area contributed by atoms with Crippen molar-refractivity contribution in [3.8, 4) is 0 Å². The highest BCUT2D eigenvalue weighted by Gasteiger charge is 2.20. The predicted octanol–water partition coefficient (Wildman–Crippen LogP) is 3.55. The van der Waals surface area contributed by atoms with Crippen molar-refractivity contribution >= 4 is 44.4 Å². The molecule has 0 spiro atoms. The van der Waals surface area contributed by atoms with E-state index >= 15 is 0 Å². The zero-order valence-electron chi connectivity index (χ0n) is 10.9. The minimum absolute atomic E-state index is 0.0804. The number of nitrogens with zero attached hydrogens (tertiary/aromatic N) is 1. The van der Waals surface area contributed by atoms with Crippen LogP contribution in [0.15, 0.2) is 22.7 Å². The Bertz CT molecular complexity index is 461. The minimum Gasteiger partial charge on any atom is -0.381 e. The second kappa shape index (κ2) is 7.04. The van der Waals surface area contributed by atoms with Crippen LogP contribution in [0.4, 0.5) is 0 Å². The Morgan fingerprint density at radius 2 is 2.16 bits per heavy atom. The van der Waals surface area contributed by atoms with E-state index in [1.54, 1.807) is 0 Å². The summed E-state index contributed by atoms with van der Waals surface area (Å²) in [6.07, 6.45) is 2.09. The molecular formula is C14H17BrINO2. The Labute approximate surface area is 136 Å². The van der Waals surface area contributed by atoms with Gasteiger partial charge in [-0.15, -0.1) is 0 Å². The quantitative estimate of drug-likeness (QED) is 0.676. The molecule has 19 heavy (non-hydrogen) atoms. The summed E-state index contributed by atoms with van der Waals surface area (Å²) in [7, 11) is 1.88. The highest BCUT2D eigenvalue weighted by molar-refractivity contribution is 14.1.